The molecule has 0 aliphatic heterocycles. The molecule has 0 bridgehead atoms. The van der Waals surface area contributed by atoms with Crippen molar-refractivity contribution in [3.8, 4) is 0 Å². The second-order valence-electron chi connectivity index (χ2n) is 6.56. The van der Waals surface area contributed by atoms with Gasteiger partial charge in [-0.3, -0.25) is 4.79 Å². The van der Waals surface area contributed by atoms with Crippen LogP contribution in [0.3, 0.4) is 0 Å². The topological polar surface area (TPSA) is 55.4 Å². The fourth-order valence-corrected chi connectivity index (χ4v) is 2.53. The Hall–Kier alpha value is -2.05. The van der Waals surface area contributed by atoms with Gasteiger partial charge in [0.15, 0.2) is 0 Å². The molecule has 0 radical (unpaired) electrons. The molecule has 1 rings (SSSR count). The fourth-order valence-electron chi connectivity index (χ4n) is 2.53. The van der Waals surface area contributed by atoms with Crippen LogP contribution in [0.15, 0.2) is 24.3 Å². The van der Waals surface area contributed by atoms with Gasteiger partial charge in [0.2, 0.25) is 0 Å². The van der Waals surface area contributed by atoms with E-state index in [-0.39, 0.29) is 12.2 Å². The Balaban J connectivity index is 2.35. The summed E-state index contributed by atoms with van der Waals surface area (Å²) in [6, 6.07) is 3.13. The highest BCUT2D eigenvalue weighted by Crippen LogP contribution is 2.29. The summed E-state index contributed by atoms with van der Waals surface area (Å²) in [6.45, 7) is 3.88. The summed E-state index contributed by atoms with van der Waals surface area (Å²) in [4.78, 5) is 23.9. The third-order valence-corrected chi connectivity index (χ3v) is 4.15. The number of halogens is 3. The summed E-state index contributed by atoms with van der Waals surface area (Å²) in [5.74, 6) is -1.34. The molecule has 0 heterocycles. The Morgan fingerprint density at radius 3 is 2.33 bits per heavy atom. The maximum atomic E-state index is 12.7. The molecule has 0 saturated carbocycles. The van der Waals surface area contributed by atoms with Crippen molar-refractivity contribution < 1.29 is 27.5 Å². The Kier molecular flexibility index (Phi) is 9.89. The van der Waals surface area contributed by atoms with Crippen molar-refractivity contribution >= 4 is 11.9 Å². The van der Waals surface area contributed by atoms with Crippen LogP contribution in [0.2, 0.25) is 0 Å². The normalized spacial score (nSPS) is 12.5. The van der Waals surface area contributed by atoms with E-state index in [2.05, 4.69) is 12.2 Å². The van der Waals surface area contributed by atoms with Gasteiger partial charge in [-0.1, -0.05) is 51.5 Å². The first-order chi connectivity index (χ1) is 12.8. The van der Waals surface area contributed by atoms with Crippen molar-refractivity contribution in [3.63, 3.8) is 0 Å². The third kappa shape index (κ3) is 8.93. The van der Waals surface area contributed by atoms with Gasteiger partial charge >= 0.3 is 12.1 Å². The lowest BCUT2D eigenvalue weighted by Crippen LogP contribution is -2.39. The van der Waals surface area contributed by atoms with E-state index in [0.717, 1.165) is 37.5 Å². The molecule has 0 aromatic heterocycles. The summed E-state index contributed by atoms with van der Waals surface area (Å²) in [5.41, 5.74) is -1.07. The molecule has 1 aromatic carbocycles. The van der Waals surface area contributed by atoms with Crippen LogP contribution in [0.4, 0.5) is 13.2 Å². The van der Waals surface area contributed by atoms with Crippen molar-refractivity contribution in [1.82, 2.24) is 5.32 Å². The van der Waals surface area contributed by atoms with E-state index in [1.165, 1.54) is 38.7 Å². The van der Waals surface area contributed by atoms with Crippen LogP contribution in [0.25, 0.3) is 0 Å². The monoisotopic (exact) mass is 387 g/mol. The van der Waals surface area contributed by atoms with Crippen LogP contribution in [-0.4, -0.2) is 24.5 Å². The van der Waals surface area contributed by atoms with Gasteiger partial charge in [0.05, 0.1) is 12.2 Å². The predicted octanol–water partition coefficient (Wildman–Crippen LogP) is 5.12. The molecule has 27 heavy (non-hydrogen) atoms. The minimum absolute atomic E-state index is 0.156. The molecule has 0 aliphatic rings. The van der Waals surface area contributed by atoms with Crippen molar-refractivity contribution in [2.45, 2.75) is 71.0 Å². The summed E-state index contributed by atoms with van der Waals surface area (Å²) in [5, 5.41) is 2.37. The van der Waals surface area contributed by atoms with Crippen molar-refractivity contribution in [2.24, 2.45) is 0 Å². The molecular weight excluding hydrogens is 359 g/mol. The molecule has 1 N–H and O–H groups in total. The predicted molar refractivity (Wildman–Crippen MR) is 97.3 cm³/mol. The minimum atomic E-state index is -4.53. The van der Waals surface area contributed by atoms with Crippen LogP contribution < -0.4 is 5.32 Å². The van der Waals surface area contributed by atoms with Crippen LogP contribution in [0.5, 0.6) is 0 Å². The lowest BCUT2D eigenvalue weighted by molar-refractivity contribution is -0.145. The summed E-state index contributed by atoms with van der Waals surface area (Å²) in [7, 11) is 0. The first-order valence-corrected chi connectivity index (χ1v) is 9.40. The Morgan fingerprint density at radius 1 is 1.07 bits per heavy atom. The van der Waals surface area contributed by atoms with Crippen LogP contribution in [0, 0.1) is 0 Å². The molecule has 4 nitrogen and oxygen atoms in total. The van der Waals surface area contributed by atoms with Crippen LogP contribution in [0.1, 0.15) is 74.7 Å². The zero-order valence-electron chi connectivity index (χ0n) is 15.9. The number of carbonyl (C=O) groups is 2. The van der Waals surface area contributed by atoms with Gasteiger partial charge < -0.3 is 10.1 Å². The maximum Gasteiger partial charge on any atom is 0.416 e. The van der Waals surface area contributed by atoms with E-state index in [1.807, 2.05) is 0 Å². The number of rotatable bonds is 11. The molecule has 0 spiro atoms. The largest absolute Gasteiger partial charge is 0.464 e. The zero-order chi connectivity index (χ0) is 20.3. The zero-order valence-corrected chi connectivity index (χ0v) is 15.9. The molecule has 0 unspecified atom stereocenters. The van der Waals surface area contributed by atoms with Gasteiger partial charge in [-0.15, -0.1) is 0 Å². The molecular formula is C20H28F3NO3. The van der Waals surface area contributed by atoms with Gasteiger partial charge in [0.1, 0.15) is 6.04 Å². The van der Waals surface area contributed by atoms with E-state index in [0.29, 0.717) is 0 Å². The van der Waals surface area contributed by atoms with E-state index >= 15 is 0 Å². The maximum absolute atomic E-state index is 12.7. The summed E-state index contributed by atoms with van der Waals surface area (Å²) < 4.78 is 43.2. The number of hydrogen-bond donors (Lipinski definition) is 1. The highest BCUT2D eigenvalue weighted by Gasteiger charge is 2.31. The third-order valence-electron chi connectivity index (χ3n) is 4.15. The van der Waals surface area contributed by atoms with Gasteiger partial charge in [-0.05, 0) is 31.5 Å². The van der Waals surface area contributed by atoms with Gasteiger partial charge in [-0.25, -0.2) is 4.79 Å². The molecule has 0 saturated heterocycles. The van der Waals surface area contributed by atoms with E-state index < -0.39 is 29.7 Å². The highest BCUT2D eigenvalue weighted by atomic mass is 19.4. The first-order valence-electron chi connectivity index (χ1n) is 9.40. The average Bonchev–Trinajstić information content (AvgIpc) is 2.63. The Morgan fingerprint density at radius 2 is 1.70 bits per heavy atom. The Labute approximate surface area is 158 Å². The number of benzene rings is 1. The molecule has 1 aromatic rings. The standard InChI is InChI=1S/C20H28F3NO3/c1-3-4-5-6-7-8-9-13-27-19(26)15(2)24-18(25)16-11-10-12-17(14-16)20(21,22)23/h10-12,14-15H,3-9,13H2,1-2H3,(H,24,25)/t15-/m0/s1. The number of alkyl halides is 3. The van der Waals surface area contributed by atoms with E-state index in [9.17, 15) is 22.8 Å². The smallest absolute Gasteiger partial charge is 0.416 e. The number of esters is 1. The average molecular weight is 387 g/mol. The van der Waals surface area contributed by atoms with E-state index in [1.54, 1.807) is 0 Å². The second-order valence-corrected chi connectivity index (χ2v) is 6.56. The van der Waals surface area contributed by atoms with E-state index in [4.69, 9.17) is 4.74 Å². The second kappa shape index (κ2) is 11.6. The summed E-state index contributed by atoms with van der Waals surface area (Å²) in [6.07, 6.45) is 3.12. The van der Waals surface area contributed by atoms with Crippen LogP contribution in [-0.2, 0) is 15.7 Å². The van der Waals surface area contributed by atoms with Crippen molar-refractivity contribution in [2.75, 3.05) is 6.61 Å². The molecule has 0 fully saturated rings. The molecule has 0 aliphatic carbocycles. The molecule has 1 atom stereocenters. The first kappa shape index (κ1) is 23.0. The van der Waals surface area contributed by atoms with Crippen LogP contribution >= 0.6 is 0 Å². The molecule has 152 valence electrons. The lowest BCUT2D eigenvalue weighted by Gasteiger charge is -2.14. The van der Waals surface area contributed by atoms with Gasteiger partial charge in [-0.2, -0.15) is 13.2 Å². The number of ether oxygens (including phenoxy) is 1. The van der Waals surface area contributed by atoms with Gasteiger partial charge in [0, 0.05) is 5.56 Å². The quantitative estimate of drug-likeness (QED) is 0.424. The summed E-state index contributed by atoms with van der Waals surface area (Å²) >= 11 is 0. The Bertz CT molecular complexity index is 602. The number of nitrogens with one attached hydrogen (secondary N) is 1. The fraction of sp³-hybridized carbons (Fsp3) is 0.600. The number of amides is 1. The van der Waals surface area contributed by atoms with Crippen molar-refractivity contribution in [1.29, 1.82) is 0 Å². The number of unbranched alkanes of at least 4 members (excludes halogenated alkanes) is 6. The highest BCUT2D eigenvalue weighted by molar-refractivity contribution is 5.96. The number of hydrogen-bond acceptors (Lipinski definition) is 3. The number of carbonyl (C=O) groups excluding carboxylic acids is 2. The van der Waals surface area contributed by atoms with Crippen molar-refractivity contribution in [3.05, 3.63) is 35.4 Å². The molecule has 7 heteroatoms. The minimum Gasteiger partial charge on any atom is -0.464 e. The lowest BCUT2D eigenvalue weighted by atomic mass is 10.1. The van der Waals surface area contributed by atoms with Gasteiger partial charge in [0.25, 0.3) is 5.91 Å². The SMILES string of the molecule is CCCCCCCCCOC(=O)[C@H](C)NC(=O)c1cccc(C(F)(F)F)c1. The molecule has 1 amide bonds.